The maximum Gasteiger partial charge on any atom is 0.255 e. The number of nitrogens with zero attached hydrogens (tertiary/aromatic N) is 7. The molecule has 3 aromatic heterocycles. The number of carbonyl (C=O) groups excluding carboxylic acids is 1. The Labute approximate surface area is 193 Å². The van der Waals surface area contributed by atoms with E-state index in [1.54, 1.807) is 18.5 Å². The molecule has 0 bridgehead atoms. The molecule has 5 rings (SSSR count). The number of piperidine rings is 1. The molecule has 0 aromatic carbocycles. The third-order valence-electron chi connectivity index (χ3n) is 6.56. The van der Waals surface area contributed by atoms with Crippen LogP contribution < -0.4 is 4.90 Å². The second kappa shape index (κ2) is 9.27. The Hall–Kier alpha value is -3.33. The fourth-order valence-electron chi connectivity index (χ4n) is 4.56. The highest BCUT2D eigenvalue weighted by molar-refractivity contribution is 5.93. The number of aromatic nitrogens is 4. The molecule has 0 N–H and O–H groups in total. The molecule has 172 valence electrons. The fourth-order valence-corrected chi connectivity index (χ4v) is 4.56. The van der Waals surface area contributed by atoms with Gasteiger partial charge in [0, 0.05) is 69.8 Å². The molecule has 9 heteroatoms. The van der Waals surface area contributed by atoms with Crippen LogP contribution in [0, 0.1) is 6.92 Å². The molecular formula is C24H29N7O2. The van der Waals surface area contributed by atoms with E-state index in [9.17, 15) is 4.79 Å². The van der Waals surface area contributed by atoms with E-state index < -0.39 is 0 Å². The number of hydrogen-bond donors (Lipinski definition) is 0. The summed E-state index contributed by atoms with van der Waals surface area (Å²) in [4.78, 5) is 33.1. The van der Waals surface area contributed by atoms with Crippen molar-refractivity contribution in [3.63, 3.8) is 0 Å². The summed E-state index contributed by atoms with van der Waals surface area (Å²) in [6, 6.07) is 5.55. The van der Waals surface area contributed by atoms with Gasteiger partial charge in [-0.2, -0.15) is 0 Å². The van der Waals surface area contributed by atoms with Crippen molar-refractivity contribution in [2.75, 3.05) is 51.2 Å². The molecule has 1 amide bonds. The Bertz CT molecular complexity index is 1100. The SMILES string of the molecule is Cc1cc(-c2cnc(N3CCN(C)CC3)nc2C2CCN(C(=O)c3cccnc3)CC2)on1. The standard InChI is InChI=1S/C24H29N7O2/c1-17-14-21(33-28-17)20-16-26-24(31-12-10-29(2)11-13-31)27-22(20)18-5-8-30(9-6-18)23(32)19-4-3-7-25-15-19/h3-4,7,14-16,18H,5-6,8-13H2,1-2H3. The smallest absolute Gasteiger partial charge is 0.255 e. The van der Waals surface area contributed by atoms with Crippen LogP contribution in [0.1, 0.15) is 40.5 Å². The van der Waals surface area contributed by atoms with Crippen molar-refractivity contribution in [1.82, 2.24) is 29.9 Å². The average Bonchev–Trinajstić information content (AvgIpc) is 3.30. The van der Waals surface area contributed by atoms with Crippen molar-refractivity contribution in [3.8, 4) is 11.3 Å². The first-order valence-corrected chi connectivity index (χ1v) is 11.5. The predicted molar refractivity (Wildman–Crippen MR) is 124 cm³/mol. The van der Waals surface area contributed by atoms with Crippen molar-refractivity contribution in [2.45, 2.75) is 25.7 Å². The summed E-state index contributed by atoms with van der Waals surface area (Å²) in [5.41, 5.74) is 3.35. The average molecular weight is 448 g/mol. The lowest BCUT2D eigenvalue weighted by molar-refractivity contribution is 0.0711. The van der Waals surface area contributed by atoms with Crippen LogP contribution in [0.2, 0.25) is 0 Å². The highest BCUT2D eigenvalue weighted by Gasteiger charge is 2.29. The Balaban J connectivity index is 1.38. The number of pyridine rings is 1. The third-order valence-corrected chi connectivity index (χ3v) is 6.56. The number of hydrogen-bond acceptors (Lipinski definition) is 8. The number of likely N-dealkylation sites (tertiary alicyclic amines) is 1. The first kappa shape index (κ1) is 21.5. The number of carbonyl (C=O) groups is 1. The molecule has 0 aliphatic carbocycles. The fraction of sp³-hybridized carbons (Fsp3) is 0.458. The number of likely N-dealkylation sites (N-methyl/N-ethyl adjacent to an activating group) is 1. The zero-order valence-electron chi connectivity index (χ0n) is 19.1. The highest BCUT2D eigenvalue weighted by atomic mass is 16.5. The summed E-state index contributed by atoms with van der Waals surface area (Å²) in [5, 5.41) is 4.06. The van der Waals surface area contributed by atoms with Crippen LogP contribution in [0.15, 0.2) is 41.3 Å². The molecule has 5 heterocycles. The molecule has 2 aliphatic rings. The highest BCUT2D eigenvalue weighted by Crippen LogP contribution is 2.35. The van der Waals surface area contributed by atoms with Crippen LogP contribution in [0.5, 0.6) is 0 Å². The van der Waals surface area contributed by atoms with Gasteiger partial charge in [0.2, 0.25) is 5.95 Å². The quantitative estimate of drug-likeness (QED) is 0.603. The molecule has 0 spiro atoms. The maximum atomic E-state index is 12.8. The first-order valence-electron chi connectivity index (χ1n) is 11.5. The largest absolute Gasteiger partial charge is 0.356 e. The normalized spacial score (nSPS) is 18.0. The van der Waals surface area contributed by atoms with Gasteiger partial charge in [-0.1, -0.05) is 5.16 Å². The zero-order valence-corrected chi connectivity index (χ0v) is 19.1. The minimum absolute atomic E-state index is 0.0356. The monoisotopic (exact) mass is 447 g/mol. The lowest BCUT2D eigenvalue weighted by Crippen LogP contribution is -2.45. The Kier molecular flexibility index (Phi) is 6.04. The molecule has 3 aromatic rings. The van der Waals surface area contributed by atoms with Gasteiger partial charge in [-0.15, -0.1) is 0 Å². The van der Waals surface area contributed by atoms with Crippen molar-refractivity contribution < 1.29 is 9.32 Å². The van der Waals surface area contributed by atoms with E-state index in [2.05, 4.69) is 32.0 Å². The molecule has 2 saturated heterocycles. The summed E-state index contributed by atoms with van der Waals surface area (Å²) in [7, 11) is 2.14. The van der Waals surface area contributed by atoms with Gasteiger partial charge in [-0.25, -0.2) is 9.97 Å². The van der Waals surface area contributed by atoms with E-state index in [0.29, 0.717) is 24.4 Å². The van der Waals surface area contributed by atoms with E-state index in [1.807, 2.05) is 30.2 Å². The van der Waals surface area contributed by atoms with Gasteiger partial charge in [0.25, 0.3) is 5.91 Å². The van der Waals surface area contributed by atoms with Crippen molar-refractivity contribution >= 4 is 11.9 Å². The Morgan fingerprint density at radius 1 is 1.09 bits per heavy atom. The van der Waals surface area contributed by atoms with Crippen LogP contribution in [-0.4, -0.2) is 82.1 Å². The zero-order chi connectivity index (χ0) is 22.8. The first-order chi connectivity index (χ1) is 16.1. The molecule has 0 radical (unpaired) electrons. The lowest BCUT2D eigenvalue weighted by Gasteiger charge is -2.34. The van der Waals surface area contributed by atoms with Gasteiger partial charge >= 0.3 is 0 Å². The lowest BCUT2D eigenvalue weighted by atomic mass is 9.90. The van der Waals surface area contributed by atoms with Crippen LogP contribution >= 0.6 is 0 Å². The molecule has 9 nitrogen and oxygen atoms in total. The second-order valence-corrected chi connectivity index (χ2v) is 8.90. The van der Waals surface area contributed by atoms with Gasteiger partial charge < -0.3 is 19.2 Å². The third kappa shape index (κ3) is 4.59. The minimum atomic E-state index is 0.0356. The van der Waals surface area contributed by atoms with Gasteiger partial charge in [0.15, 0.2) is 5.76 Å². The molecule has 2 fully saturated rings. The number of rotatable bonds is 4. The van der Waals surface area contributed by atoms with E-state index in [1.165, 1.54) is 0 Å². The molecule has 0 saturated carbocycles. The summed E-state index contributed by atoms with van der Waals surface area (Å²) in [6.45, 7) is 7.09. The predicted octanol–water partition coefficient (Wildman–Crippen LogP) is 2.61. The number of amides is 1. The summed E-state index contributed by atoms with van der Waals surface area (Å²) in [6.07, 6.45) is 6.87. The van der Waals surface area contributed by atoms with E-state index in [4.69, 9.17) is 9.51 Å². The van der Waals surface area contributed by atoms with Gasteiger partial charge in [0.1, 0.15) is 0 Å². The molecule has 2 aliphatic heterocycles. The topological polar surface area (TPSA) is 91.5 Å². The Morgan fingerprint density at radius 3 is 2.55 bits per heavy atom. The number of anilines is 1. The van der Waals surface area contributed by atoms with Crippen LogP contribution in [0.3, 0.4) is 0 Å². The number of aryl methyl sites for hydroxylation is 1. The van der Waals surface area contributed by atoms with Crippen molar-refractivity contribution in [3.05, 3.63) is 53.7 Å². The van der Waals surface area contributed by atoms with Crippen molar-refractivity contribution in [1.29, 1.82) is 0 Å². The second-order valence-electron chi connectivity index (χ2n) is 8.90. The molecule has 0 atom stereocenters. The molecule has 0 unspecified atom stereocenters. The summed E-state index contributed by atoms with van der Waals surface area (Å²) < 4.78 is 5.58. The maximum absolute atomic E-state index is 12.8. The van der Waals surface area contributed by atoms with E-state index in [0.717, 1.165) is 61.9 Å². The van der Waals surface area contributed by atoms with Gasteiger partial charge in [0.05, 0.1) is 22.5 Å². The molecule has 33 heavy (non-hydrogen) atoms. The summed E-state index contributed by atoms with van der Waals surface area (Å²) >= 11 is 0. The van der Waals surface area contributed by atoms with Crippen LogP contribution in [0.4, 0.5) is 5.95 Å². The molecular weight excluding hydrogens is 418 g/mol. The van der Waals surface area contributed by atoms with Crippen LogP contribution in [0.25, 0.3) is 11.3 Å². The van der Waals surface area contributed by atoms with Crippen LogP contribution in [-0.2, 0) is 0 Å². The Morgan fingerprint density at radius 2 is 1.88 bits per heavy atom. The van der Waals surface area contributed by atoms with Gasteiger partial charge in [-0.3, -0.25) is 9.78 Å². The van der Waals surface area contributed by atoms with Crippen molar-refractivity contribution in [2.24, 2.45) is 0 Å². The number of piperazine rings is 1. The van der Waals surface area contributed by atoms with E-state index >= 15 is 0 Å². The minimum Gasteiger partial charge on any atom is -0.356 e. The van der Waals surface area contributed by atoms with E-state index in [-0.39, 0.29) is 11.8 Å². The van der Waals surface area contributed by atoms with Gasteiger partial charge in [-0.05, 0) is 38.9 Å². The summed E-state index contributed by atoms with van der Waals surface area (Å²) in [5.74, 6) is 1.72.